The SMILES string of the molecule is C=C.O=C(O)C(O)(c1ccccc1)c1ccccc1. The minimum absolute atomic E-state index is 0.346. The van der Waals surface area contributed by atoms with E-state index in [1.165, 1.54) is 0 Å². The zero-order valence-electron chi connectivity index (χ0n) is 10.5. The van der Waals surface area contributed by atoms with Crippen molar-refractivity contribution in [2.45, 2.75) is 5.60 Å². The molecule has 0 bridgehead atoms. The lowest BCUT2D eigenvalue weighted by Gasteiger charge is -2.24. The molecule has 0 heterocycles. The molecule has 0 aliphatic rings. The topological polar surface area (TPSA) is 57.5 Å². The van der Waals surface area contributed by atoms with Gasteiger partial charge in [0, 0.05) is 0 Å². The van der Waals surface area contributed by atoms with E-state index in [0.29, 0.717) is 11.1 Å². The van der Waals surface area contributed by atoms with Crippen LogP contribution >= 0.6 is 0 Å². The highest BCUT2D eigenvalue weighted by atomic mass is 16.4. The van der Waals surface area contributed by atoms with Crippen LogP contribution < -0.4 is 0 Å². The monoisotopic (exact) mass is 256 g/mol. The number of hydrogen-bond acceptors (Lipinski definition) is 2. The molecule has 0 unspecified atom stereocenters. The minimum atomic E-state index is -2.00. The zero-order valence-corrected chi connectivity index (χ0v) is 10.5. The lowest BCUT2D eigenvalue weighted by atomic mass is 9.86. The first-order valence-corrected chi connectivity index (χ1v) is 5.72. The molecule has 0 aromatic heterocycles. The number of rotatable bonds is 3. The first-order valence-electron chi connectivity index (χ1n) is 5.72. The largest absolute Gasteiger partial charge is 0.479 e. The Balaban J connectivity index is 0.000000861. The molecule has 0 amide bonds. The standard InChI is InChI=1S/C14H12O3.C2H4/c15-13(16)14(17,11-7-3-1-4-8-11)12-9-5-2-6-10-12;1-2/h1-10,17H,(H,15,16);1-2H2. The highest BCUT2D eigenvalue weighted by Crippen LogP contribution is 2.29. The fourth-order valence-electron chi connectivity index (χ4n) is 1.77. The molecule has 2 N–H and O–H groups in total. The summed E-state index contributed by atoms with van der Waals surface area (Å²) in [4.78, 5) is 11.4. The lowest BCUT2D eigenvalue weighted by Crippen LogP contribution is -2.36. The van der Waals surface area contributed by atoms with Gasteiger partial charge in [-0.3, -0.25) is 0 Å². The highest BCUT2D eigenvalue weighted by Gasteiger charge is 2.39. The zero-order chi connectivity index (χ0) is 14.3. The quantitative estimate of drug-likeness (QED) is 0.830. The van der Waals surface area contributed by atoms with E-state index in [-0.39, 0.29) is 0 Å². The number of benzene rings is 2. The van der Waals surface area contributed by atoms with Gasteiger partial charge in [0.15, 0.2) is 0 Å². The van der Waals surface area contributed by atoms with Crippen molar-refractivity contribution >= 4 is 5.97 Å². The van der Waals surface area contributed by atoms with Gasteiger partial charge in [-0.1, -0.05) is 60.7 Å². The van der Waals surface area contributed by atoms with E-state index in [9.17, 15) is 15.0 Å². The summed E-state index contributed by atoms with van der Waals surface area (Å²) in [6.45, 7) is 6.00. The predicted molar refractivity (Wildman–Crippen MR) is 74.8 cm³/mol. The number of carboxylic acid groups (broad SMARTS) is 1. The molecule has 0 spiro atoms. The van der Waals surface area contributed by atoms with E-state index in [2.05, 4.69) is 13.2 Å². The first kappa shape index (κ1) is 14.7. The van der Waals surface area contributed by atoms with Crippen LogP contribution in [0, 0.1) is 0 Å². The Morgan fingerprint density at radius 3 is 1.42 bits per heavy atom. The Morgan fingerprint density at radius 2 is 1.16 bits per heavy atom. The van der Waals surface area contributed by atoms with Gasteiger partial charge in [0.25, 0.3) is 0 Å². The summed E-state index contributed by atoms with van der Waals surface area (Å²) in [7, 11) is 0. The van der Waals surface area contributed by atoms with Crippen molar-refractivity contribution in [1.82, 2.24) is 0 Å². The molecule has 19 heavy (non-hydrogen) atoms. The third-order valence-electron chi connectivity index (χ3n) is 2.69. The van der Waals surface area contributed by atoms with Gasteiger partial charge in [0.05, 0.1) is 0 Å². The Kier molecular flexibility index (Phi) is 5.03. The molecular formula is C16H16O3. The van der Waals surface area contributed by atoms with Gasteiger partial charge >= 0.3 is 5.97 Å². The van der Waals surface area contributed by atoms with Crippen LogP contribution in [0.15, 0.2) is 73.8 Å². The van der Waals surface area contributed by atoms with E-state index >= 15 is 0 Å². The van der Waals surface area contributed by atoms with E-state index < -0.39 is 11.6 Å². The minimum Gasteiger partial charge on any atom is -0.479 e. The van der Waals surface area contributed by atoms with Crippen molar-refractivity contribution in [3.63, 3.8) is 0 Å². The molecule has 2 rings (SSSR count). The number of hydrogen-bond donors (Lipinski definition) is 2. The summed E-state index contributed by atoms with van der Waals surface area (Å²) in [5.74, 6) is -1.28. The molecule has 98 valence electrons. The summed E-state index contributed by atoms with van der Waals surface area (Å²) in [5.41, 5.74) is -1.31. The molecule has 0 radical (unpaired) electrons. The van der Waals surface area contributed by atoms with Crippen molar-refractivity contribution < 1.29 is 15.0 Å². The van der Waals surface area contributed by atoms with Crippen LogP contribution in [0.4, 0.5) is 0 Å². The molecule has 0 aliphatic heterocycles. The molecule has 3 nitrogen and oxygen atoms in total. The summed E-state index contributed by atoms with van der Waals surface area (Å²) >= 11 is 0. The van der Waals surface area contributed by atoms with E-state index in [0.717, 1.165) is 0 Å². The van der Waals surface area contributed by atoms with E-state index in [1.807, 2.05) is 0 Å². The lowest BCUT2D eigenvalue weighted by molar-refractivity contribution is -0.155. The molecule has 0 fully saturated rings. The van der Waals surface area contributed by atoms with E-state index in [1.54, 1.807) is 60.7 Å². The Labute approximate surface area is 112 Å². The maximum absolute atomic E-state index is 11.4. The second-order valence-electron chi connectivity index (χ2n) is 3.75. The summed E-state index contributed by atoms with van der Waals surface area (Å²) < 4.78 is 0. The van der Waals surface area contributed by atoms with Gasteiger partial charge in [-0.25, -0.2) is 4.79 Å². The number of aliphatic hydroxyl groups is 1. The van der Waals surface area contributed by atoms with Crippen molar-refractivity contribution in [3.05, 3.63) is 84.9 Å². The molecule has 2 aromatic rings. The average molecular weight is 256 g/mol. The van der Waals surface area contributed by atoms with Crippen LogP contribution in [-0.2, 0) is 10.4 Å². The summed E-state index contributed by atoms with van der Waals surface area (Å²) in [5, 5.41) is 19.7. The van der Waals surface area contributed by atoms with E-state index in [4.69, 9.17) is 0 Å². The van der Waals surface area contributed by atoms with Crippen LogP contribution in [0.25, 0.3) is 0 Å². The molecule has 3 heteroatoms. The maximum Gasteiger partial charge on any atom is 0.345 e. The van der Waals surface area contributed by atoms with Crippen LogP contribution in [-0.4, -0.2) is 16.2 Å². The number of aliphatic carboxylic acids is 1. The second-order valence-corrected chi connectivity index (χ2v) is 3.75. The van der Waals surface area contributed by atoms with Crippen molar-refractivity contribution in [1.29, 1.82) is 0 Å². The van der Waals surface area contributed by atoms with Crippen LogP contribution in [0.1, 0.15) is 11.1 Å². The Morgan fingerprint density at radius 1 is 0.842 bits per heavy atom. The van der Waals surface area contributed by atoms with Gasteiger partial charge in [0.1, 0.15) is 0 Å². The molecule has 0 atom stereocenters. The van der Waals surface area contributed by atoms with Crippen LogP contribution in [0.5, 0.6) is 0 Å². The van der Waals surface area contributed by atoms with Gasteiger partial charge in [-0.15, -0.1) is 13.2 Å². The first-order chi connectivity index (χ1) is 9.15. The molecular weight excluding hydrogens is 240 g/mol. The molecule has 2 aromatic carbocycles. The smallest absolute Gasteiger partial charge is 0.345 e. The van der Waals surface area contributed by atoms with Gasteiger partial charge < -0.3 is 10.2 Å². The van der Waals surface area contributed by atoms with Crippen molar-refractivity contribution in [3.8, 4) is 0 Å². The fraction of sp³-hybridized carbons (Fsp3) is 0.0625. The Hall–Kier alpha value is -2.39. The average Bonchev–Trinajstić information content (AvgIpc) is 2.50. The molecule has 0 saturated heterocycles. The number of carboxylic acids is 1. The fourth-order valence-corrected chi connectivity index (χ4v) is 1.77. The third-order valence-corrected chi connectivity index (χ3v) is 2.69. The third kappa shape index (κ3) is 2.89. The van der Waals surface area contributed by atoms with Crippen LogP contribution in [0.3, 0.4) is 0 Å². The van der Waals surface area contributed by atoms with Crippen LogP contribution in [0.2, 0.25) is 0 Å². The second kappa shape index (κ2) is 6.52. The molecule has 0 saturated carbocycles. The normalized spacial score (nSPS) is 10.2. The highest BCUT2D eigenvalue weighted by molar-refractivity contribution is 5.83. The predicted octanol–water partition coefficient (Wildman–Crippen LogP) is 2.81. The van der Waals surface area contributed by atoms with Gasteiger partial charge in [-0.2, -0.15) is 0 Å². The summed E-state index contributed by atoms with van der Waals surface area (Å²) in [6.07, 6.45) is 0. The van der Waals surface area contributed by atoms with Crippen molar-refractivity contribution in [2.24, 2.45) is 0 Å². The Bertz CT molecular complexity index is 481. The maximum atomic E-state index is 11.4. The summed E-state index contributed by atoms with van der Waals surface area (Å²) in [6, 6.07) is 16.7. The van der Waals surface area contributed by atoms with Gasteiger partial charge in [0.2, 0.25) is 5.60 Å². The molecule has 0 aliphatic carbocycles. The van der Waals surface area contributed by atoms with Crippen molar-refractivity contribution in [2.75, 3.05) is 0 Å². The van der Waals surface area contributed by atoms with Gasteiger partial charge in [-0.05, 0) is 11.1 Å². The number of carbonyl (C=O) groups is 1.